The van der Waals surface area contributed by atoms with Crippen LogP contribution in [0.15, 0.2) is 0 Å². The maximum Gasteiger partial charge on any atom is 0.239 e. The van der Waals surface area contributed by atoms with E-state index in [1.165, 1.54) is 12.0 Å². The molecule has 0 bridgehead atoms. The van der Waals surface area contributed by atoms with E-state index >= 15 is 0 Å². The highest BCUT2D eigenvalue weighted by molar-refractivity contribution is 5.85. The first kappa shape index (κ1) is 13.9. The summed E-state index contributed by atoms with van der Waals surface area (Å²) >= 11 is 0. The Bertz CT molecular complexity index is 275. The fraction of sp³-hybridized carbons (Fsp3) is 0.818. The number of carbonyl (C=O) groups is 2. The molecule has 0 aromatic carbocycles. The van der Waals surface area contributed by atoms with E-state index in [0.29, 0.717) is 12.6 Å². The highest BCUT2D eigenvalue weighted by Gasteiger charge is 2.24. The summed E-state index contributed by atoms with van der Waals surface area (Å²) in [5.74, 6) is -0.238. The molecule has 1 unspecified atom stereocenters. The minimum absolute atomic E-state index is 0.0936. The smallest absolute Gasteiger partial charge is 0.239 e. The molecule has 98 valence electrons. The van der Waals surface area contributed by atoms with E-state index in [2.05, 4.69) is 5.32 Å². The standard InChI is InChI=1S/C11H21N3O3/c1-14(7-10(15)13-8-3-4-8)11(16)5-9(6-12)17-2/h8-9H,3-7,12H2,1-2H3,(H,13,15). The molecule has 0 aromatic heterocycles. The summed E-state index contributed by atoms with van der Waals surface area (Å²) in [5, 5.41) is 2.83. The van der Waals surface area contributed by atoms with Crippen LogP contribution >= 0.6 is 0 Å². The van der Waals surface area contributed by atoms with Gasteiger partial charge in [-0.3, -0.25) is 9.59 Å². The zero-order valence-electron chi connectivity index (χ0n) is 10.4. The van der Waals surface area contributed by atoms with Crippen molar-refractivity contribution in [1.29, 1.82) is 0 Å². The fourth-order valence-corrected chi connectivity index (χ4v) is 1.42. The van der Waals surface area contributed by atoms with Gasteiger partial charge in [-0.25, -0.2) is 0 Å². The maximum atomic E-state index is 11.7. The zero-order chi connectivity index (χ0) is 12.8. The average molecular weight is 243 g/mol. The molecule has 1 aliphatic rings. The Hall–Kier alpha value is -1.14. The van der Waals surface area contributed by atoms with Gasteiger partial charge in [0.05, 0.1) is 19.1 Å². The molecule has 1 atom stereocenters. The number of nitrogens with two attached hydrogens (primary N) is 1. The first-order valence-electron chi connectivity index (χ1n) is 5.83. The third-order valence-electron chi connectivity index (χ3n) is 2.75. The summed E-state index contributed by atoms with van der Waals surface area (Å²) in [4.78, 5) is 24.6. The Morgan fingerprint density at radius 2 is 2.18 bits per heavy atom. The number of carbonyl (C=O) groups excluding carboxylic acids is 2. The first-order valence-corrected chi connectivity index (χ1v) is 5.83. The van der Waals surface area contributed by atoms with Gasteiger partial charge in [0.1, 0.15) is 0 Å². The first-order chi connectivity index (χ1) is 8.06. The van der Waals surface area contributed by atoms with E-state index in [1.807, 2.05) is 0 Å². The van der Waals surface area contributed by atoms with E-state index in [9.17, 15) is 9.59 Å². The van der Waals surface area contributed by atoms with Crippen molar-refractivity contribution in [3.8, 4) is 0 Å². The summed E-state index contributed by atoms with van der Waals surface area (Å²) in [6, 6.07) is 0.321. The van der Waals surface area contributed by atoms with Gasteiger partial charge >= 0.3 is 0 Å². The third-order valence-corrected chi connectivity index (χ3v) is 2.75. The second-order valence-electron chi connectivity index (χ2n) is 4.39. The number of hydrogen-bond donors (Lipinski definition) is 2. The van der Waals surface area contributed by atoms with Crippen LogP contribution in [0.5, 0.6) is 0 Å². The van der Waals surface area contributed by atoms with Gasteiger partial charge in [0.2, 0.25) is 11.8 Å². The average Bonchev–Trinajstić information content (AvgIpc) is 3.08. The van der Waals surface area contributed by atoms with E-state index in [4.69, 9.17) is 10.5 Å². The molecule has 0 saturated heterocycles. The monoisotopic (exact) mass is 243 g/mol. The number of hydrogen-bond acceptors (Lipinski definition) is 4. The van der Waals surface area contributed by atoms with Crippen LogP contribution in [0, 0.1) is 0 Å². The SMILES string of the molecule is COC(CN)CC(=O)N(C)CC(=O)NC1CC1. The van der Waals surface area contributed by atoms with Crippen LogP contribution < -0.4 is 11.1 Å². The maximum absolute atomic E-state index is 11.7. The molecule has 1 fully saturated rings. The molecular weight excluding hydrogens is 222 g/mol. The third kappa shape index (κ3) is 5.14. The molecular formula is C11H21N3O3. The Labute approximate surface area is 101 Å². The lowest BCUT2D eigenvalue weighted by atomic mass is 10.2. The van der Waals surface area contributed by atoms with Gasteiger partial charge in [-0.05, 0) is 12.8 Å². The molecule has 0 radical (unpaired) electrons. The predicted octanol–water partition coefficient (Wildman–Crippen LogP) is -0.913. The van der Waals surface area contributed by atoms with Crippen LogP contribution in [-0.4, -0.2) is 56.1 Å². The van der Waals surface area contributed by atoms with Crippen molar-refractivity contribution in [3.63, 3.8) is 0 Å². The number of likely N-dealkylation sites (N-methyl/N-ethyl adjacent to an activating group) is 1. The topological polar surface area (TPSA) is 84.7 Å². The Morgan fingerprint density at radius 3 is 2.65 bits per heavy atom. The van der Waals surface area contributed by atoms with E-state index < -0.39 is 0 Å². The zero-order valence-corrected chi connectivity index (χ0v) is 10.4. The van der Waals surface area contributed by atoms with Gasteiger partial charge in [0, 0.05) is 26.7 Å². The van der Waals surface area contributed by atoms with Crippen LogP contribution in [-0.2, 0) is 14.3 Å². The number of nitrogens with one attached hydrogen (secondary N) is 1. The molecule has 6 nitrogen and oxygen atoms in total. The summed E-state index contributed by atoms with van der Waals surface area (Å²) in [7, 11) is 3.13. The molecule has 0 aliphatic heterocycles. The normalized spacial score (nSPS) is 16.4. The van der Waals surface area contributed by atoms with E-state index in [0.717, 1.165) is 12.8 Å². The number of methoxy groups -OCH3 is 1. The molecule has 1 rings (SSSR count). The molecule has 6 heteroatoms. The molecule has 1 aliphatic carbocycles. The lowest BCUT2D eigenvalue weighted by Crippen LogP contribution is -2.41. The number of amides is 2. The Kier molecular flexibility index (Phi) is 5.37. The summed E-state index contributed by atoms with van der Waals surface area (Å²) in [5.41, 5.74) is 5.43. The van der Waals surface area contributed by atoms with E-state index in [1.54, 1.807) is 7.05 Å². The lowest BCUT2D eigenvalue weighted by molar-refractivity contribution is -0.136. The van der Waals surface area contributed by atoms with Gasteiger partial charge in [-0.15, -0.1) is 0 Å². The molecule has 1 saturated carbocycles. The van der Waals surface area contributed by atoms with Crippen LogP contribution in [0.4, 0.5) is 0 Å². The molecule has 3 N–H and O–H groups in total. The molecule has 0 aromatic rings. The fourth-order valence-electron chi connectivity index (χ4n) is 1.42. The predicted molar refractivity (Wildman–Crippen MR) is 63.3 cm³/mol. The molecule has 2 amide bonds. The molecule has 0 spiro atoms. The van der Waals surface area contributed by atoms with Gasteiger partial charge in [0.25, 0.3) is 0 Å². The van der Waals surface area contributed by atoms with Crippen molar-refractivity contribution < 1.29 is 14.3 Å². The molecule has 17 heavy (non-hydrogen) atoms. The van der Waals surface area contributed by atoms with Crippen molar-refractivity contribution in [1.82, 2.24) is 10.2 Å². The largest absolute Gasteiger partial charge is 0.380 e. The number of nitrogens with zero attached hydrogens (tertiary/aromatic N) is 1. The van der Waals surface area contributed by atoms with Crippen molar-refractivity contribution in [2.24, 2.45) is 5.73 Å². The minimum atomic E-state index is -0.281. The highest BCUT2D eigenvalue weighted by Crippen LogP contribution is 2.18. The second kappa shape index (κ2) is 6.56. The van der Waals surface area contributed by atoms with Crippen LogP contribution in [0.1, 0.15) is 19.3 Å². The van der Waals surface area contributed by atoms with Gasteiger partial charge < -0.3 is 20.7 Å². The molecule has 0 heterocycles. The number of rotatable bonds is 7. The van der Waals surface area contributed by atoms with Gasteiger partial charge in [-0.1, -0.05) is 0 Å². The van der Waals surface area contributed by atoms with Gasteiger partial charge in [-0.2, -0.15) is 0 Å². The van der Waals surface area contributed by atoms with Crippen molar-refractivity contribution in [3.05, 3.63) is 0 Å². The lowest BCUT2D eigenvalue weighted by Gasteiger charge is -2.19. The van der Waals surface area contributed by atoms with E-state index in [-0.39, 0.29) is 30.9 Å². The highest BCUT2D eigenvalue weighted by atomic mass is 16.5. The summed E-state index contributed by atoms with van der Waals surface area (Å²) in [6.07, 6.45) is 2.02. The Morgan fingerprint density at radius 1 is 1.53 bits per heavy atom. The van der Waals surface area contributed by atoms with Crippen molar-refractivity contribution in [2.45, 2.75) is 31.4 Å². The quantitative estimate of drug-likeness (QED) is 0.606. The van der Waals surface area contributed by atoms with Crippen molar-refractivity contribution >= 4 is 11.8 Å². The van der Waals surface area contributed by atoms with Crippen LogP contribution in [0.25, 0.3) is 0 Å². The van der Waals surface area contributed by atoms with Crippen LogP contribution in [0.3, 0.4) is 0 Å². The summed E-state index contributed by atoms with van der Waals surface area (Å²) < 4.78 is 5.03. The minimum Gasteiger partial charge on any atom is -0.380 e. The summed E-state index contributed by atoms with van der Waals surface area (Å²) in [6.45, 7) is 0.390. The van der Waals surface area contributed by atoms with Gasteiger partial charge in [0.15, 0.2) is 0 Å². The second-order valence-corrected chi connectivity index (χ2v) is 4.39. The van der Waals surface area contributed by atoms with Crippen molar-refractivity contribution in [2.75, 3.05) is 27.2 Å². The number of ether oxygens (including phenoxy) is 1. The Balaban J connectivity index is 2.26. The van der Waals surface area contributed by atoms with Crippen LogP contribution in [0.2, 0.25) is 0 Å².